The molecular weight excluding hydrogens is 227 g/mol. The minimum Gasteiger partial charge on any atom is -0.480 e. The molecule has 10 heavy (non-hydrogen) atoms. The third-order valence-corrected chi connectivity index (χ3v) is 2.39. The molecule has 0 saturated heterocycles. The number of carboxylic acids is 1. The number of hydrogen-bond acceptors (Lipinski definition) is 2. The molecule has 0 aliphatic rings. The molecule has 0 spiro atoms. The fraction of sp³-hybridized carbons (Fsp3) is 0.833. The van der Waals surface area contributed by atoms with Crippen molar-refractivity contribution in [3.05, 3.63) is 0 Å². The number of carbonyl (C=O) groups is 1. The first-order valence-corrected chi connectivity index (χ1v) is 3.47. The molecule has 0 aromatic heterocycles. The van der Waals surface area contributed by atoms with Gasteiger partial charge in [-0.05, 0) is 12.8 Å². The summed E-state index contributed by atoms with van der Waals surface area (Å²) in [6.45, 7) is 3.65. The predicted molar refractivity (Wildman–Crippen MR) is 39.9 cm³/mol. The summed E-state index contributed by atoms with van der Waals surface area (Å²) in [7, 11) is 0. The van der Waals surface area contributed by atoms with Gasteiger partial charge in [-0.1, -0.05) is 13.8 Å². The number of carboxylic acid groups (broad SMARTS) is 1. The SMILES string of the molecule is CCC(S)(CC)C(=O)O.[Zr]. The summed E-state index contributed by atoms with van der Waals surface area (Å²) in [4.78, 5) is 10.4. The van der Waals surface area contributed by atoms with Crippen LogP contribution in [0.5, 0.6) is 0 Å². The van der Waals surface area contributed by atoms with E-state index in [4.69, 9.17) is 5.11 Å². The van der Waals surface area contributed by atoms with Gasteiger partial charge in [0, 0.05) is 26.2 Å². The molecule has 0 aromatic carbocycles. The van der Waals surface area contributed by atoms with Crippen molar-refractivity contribution in [2.45, 2.75) is 31.4 Å². The van der Waals surface area contributed by atoms with Crippen LogP contribution >= 0.6 is 12.6 Å². The van der Waals surface area contributed by atoms with Crippen LogP contribution in [0.25, 0.3) is 0 Å². The molecule has 0 aromatic rings. The van der Waals surface area contributed by atoms with Crippen LogP contribution in [0.15, 0.2) is 0 Å². The van der Waals surface area contributed by atoms with Gasteiger partial charge in [-0.3, -0.25) is 4.79 Å². The zero-order valence-electron chi connectivity index (χ0n) is 6.22. The van der Waals surface area contributed by atoms with E-state index < -0.39 is 10.7 Å². The second-order valence-corrected chi connectivity index (χ2v) is 2.90. The van der Waals surface area contributed by atoms with E-state index in [1.165, 1.54) is 0 Å². The molecule has 0 rings (SSSR count). The number of hydrogen-bond donors (Lipinski definition) is 2. The van der Waals surface area contributed by atoms with Gasteiger partial charge in [-0.2, -0.15) is 12.6 Å². The van der Waals surface area contributed by atoms with Crippen LogP contribution in [-0.4, -0.2) is 15.8 Å². The molecule has 0 radical (unpaired) electrons. The Bertz CT molecular complexity index is 112. The van der Waals surface area contributed by atoms with E-state index in [0.29, 0.717) is 12.8 Å². The Morgan fingerprint density at radius 1 is 1.50 bits per heavy atom. The van der Waals surface area contributed by atoms with E-state index in [1.807, 2.05) is 13.8 Å². The average molecular weight is 239 g/mol. The predicted octanol–water partition coefficient (Wildman–Crippen LogP) is 1.56. The minimum absolute atomic E-state index is 0. The molecule has 0 atom stereocenters. The summed E-state index contributed by atoms with van der Waals surface area (Å²) >= 11 is 4.01. The quantitative estimate of drug-likeness (QED) is 0.734. The number of rotatable bonds is 3. The second-order valence-electron chi connectivity index (χ2n) is 2.04. The van der Waals surface area contributed by atoms with Crippen LogP contribution in [0, 0.1) is 0 Å². The topological polar surface area (TPSA) is 37.3 Å². The molecule has 0 amide bonds. The Labute approximate surface area is 85.9 Å². The Hall–Kier alpha value is 0.703. The van der Waals surface area contributed by atoms with Gasteiger partial charge < -0.3 is 5.11 Å². The molecule has 0 bridgehead atoms. The maximum atomic E-state index is 10.4. The molecule has 4 heteroatoms. The van der Waals surface area contributed by atoms with Crippen LogP contribution in [0.3, 0.4) is 0 Å². The first kappa shape index (κ1) is 13.3. The third-order valence-electron chi connectivity index (χ3n) is 1.57. The van der Waals surface area contributed by atoms with Gasteiger partial charge in [0.05, 0.1) is 0 Å². The Morgan fingerprint density at radius 3 is 1.80 bits per heavy atom. The van der Waals surface area contributed by atoms with Gasteiger partial charge >= 0.3 is 5.97 Å². The largest absolute Gasteiger partial charge is 0.480 e. The van der Waals surface area contributed by atoms with Crippen LogP contribution < -0.4 is 0 Å². The molecule has 58 valence electrons. The van der Waals surface area contributed by atoms with E-state index in [9.17, 15) is 4.79 Å². The Morgan fingerprint density at radius 2 is 1.80 bits per heavy atom. The molecule has 0 aliphatic heterocycles. The standard InChI is InChI=1S/C6H12O2S.Zr/c1-3-6(9,4-2)5(7)8;/h9H,3-4H2,1-2H3,(H,7,8);. The van der Waals surface area contributed by atoms with E-state index in [1.54, 1.807) is 0 Å². The van der Waals surface area contributed by atoms with Gasteiger partial charge in [-0.25, -0.2) is 0 Å². The first-order valence-electron chi connectivity index (χ1n) is 3.02. The summed E-state index contributed by atoms with van der Waals surface area (Å²) in [5.74, 6) is -0.823. The molecule has 0 saturated carbocycles. The fourth-order valence-electron chi connectivity index (χ4n) is 0.552. The van der Waals surface area contributed by atoms with Gasteiger partial charge in [-0.15, -0.1) is 0 Å². The van der Waals surface area contributed by atoms with Gasteiger partial charge in [0.1, 0.15) is 4.75 Å². The maximum Gasteiger partial charge on any atom is 0.319 e. The second kappa shape index (κ2) is 5.37. The van der Waals surface area contributed by atoms with Crippen molar-refractivity contribution in [3.63, 3.8) is 0 Å². The maximum absolute atomic E-state index is 10.4. The molecule has 0 fully saturated rings. The molecule has 0 heterocycles. The third kappa shape index (κ3) is 3.20. The summed E-state index contributed by atoms with van der Waals surface area (Å²) in [6, 6.07) is 0. The normalized spacial score (nSPS) is 10.3. The van der Waals surface area contributed by atoms with Gasteiger partial charge in [0.2, 0.25) is 0 Å². The fourth-order valence-corrected chi connectivity index (χ4v) is 0.552. The summed E-state index contributed by atoms with van der Waals surface area (Å²) in [5, 5.41) is 8.56. The molecule has 1 N–H and O–H groups in total. The van der Waals surface area contributed by atoms with Crippen LogP contribution in [0.2, 0.25) is 0 Å². The summed E-state index contributed by atoms with van der Waals surface area (Å²) < 4.78 is -0.806. The smallest absolute Gasteiger partial charge is 0.319 e. The Balaban J connectivity index is 0. The van der Waals surface area contributed by atoms with Gasteiger partial charge in [0.15, 0.2) is 0 Å². The van der Waals surface area contributed by atoms with Crippen molar-refractivity contribution in [1.29, 1.82) is 0 Å². The van der Waals surface area contributed by atoms with Gasteiger partial charge in [0.25, 0.3) is 0 Å². The monoisotopic (exact) mass is 238 g/mol. The van der Waals surface area contributed by atoms with E-state index in [2.05, 4.69) is 12.6 Å². The molecule has 0 unspecified atom stereocenters. The van der Waals surface area contributed by atoms with Crippen molar-refractivity contribution in [3.8, 4) is 0 Å². The minimum atomic E-state index is -0.823. The molecule has 0 aliphatic carbocycles. The van der Waals surface area contributed by atoms with Crippen molar-refractivity contribution in [2.24, 2.45) is 0 Å². The van der Waals surface area contributed by atoms with Crippen molar-refractivity contribution in [1.82, 2.24) is 0 Å². The van der Waals surface area contributed by atoms with E-state index in [-0.39, 0.29) is 26.2 Å². The van der Waals surface area contributed by atoms with Crippen molar-refractivity contribution >= 4 is 18.6 Å². The summed E-state index contributed by atoms with van der Waals surface area (Å²) in [6.07, 6.45) is 1.14. The Kier molecular flexibility index (Phi) is 7.14. The summed E-state index contributed by atoms with van der Waals surface area (Å²) in [5.41, 5.74) is 0. The zero-order chi connectivity index (χ0) is 7.49. The number of thiol groups is 1. The van der Waals surface area contributed by atoms with Crippen molar-refractivity contribution in [2.75, 3.05) is 0 Å². The zero-order valence-corrected chi connectivity index (χ0v) is 9.57. The van der Waals surface area contributed by atoms with Crippen LogP contribution in [0.4, 0.5) is 0 Å². The van der Waals surface area contributed by atoms with E-state index in [0.717, 1.165) is 0 Å². The van der Waals surface area contributed by atoms with E-state index >= 15 is 0 Å². The van der Waals surface area contributed by atoms with Crippen molar-refractivity contribution < 1.29 is 36.1 Å². The average Bonchev–Trinajstić information content (AvgIpc) is 1.86. The first-order chi connectivity index (χ1) is 4.06. The van der Waals surface area contributed by atoms with Crippen LogP contribution in [-0.2, 0) is 31.0 Å². The van der Waals surface area contributed by atoms with Crippen LogP contribution in [0.1, 0.15) is 26.7 Å². The molecule has 2 nitrogen and oxygen atoms in total. The molecular formula is C6H12O2SZr. The number of aliphatic carboxylic acids is 1.